The van der Waals surface area contributed by atoms with Crippen LogP contribution < -0.4 is 0 Å². The summed E-state index contributed by atoms with van der Waals surface area (Å²) in [5, 5.41) is 10.5. The molecule has 3 unspecified atom stereocenters. The van der Waals surface area contributed by atoms with Crippen LogP contribution in [0.3, 0.4) is 0 Å². The zero-order chi connectivity index (χ0) is 14.0. The fourth-order valence-corrected chi connectivity index (χ4v) is 3.97. The maximum atomic E-state index is 9.27. The number of hydrogen-bond acceptors (Lipinski definition) is 4. The van der Waals surface area contributed by atoms with Crippen molar-refractivity contribution in [3.8, 4) is 6.07 Å². The molecule has 0 aliphatic heterocycles. The lowest BCUT2D eigenvalue weighted by molar-refractivity contribution is 0.345. The van der Waals surface area contributed by atoms with Crippen LogP contribution in [0.1, 0.15) is 43.1 Å². The summed E-state index contributed by atoms with van der Waals surface area (Å²) >= 11 is 1.69. The highest BCUT2D eigenvalue weighted by Crippen LogP contribution is 2.38. The third-order valence-corrected chi connectivity index (χ3v) is 5.31. The molecule has 1 saturated carbocycles. The van der Waals surface area contributed by atoms with Crippen molar-refractivity contribution < 1.29 is 0 Å². The first-order valence-corrected chi connectivity index (χ1v) is 7.77. The molecular formula is C15H21N3S. The Kier molecular flexibility index (Phi) is 4.46. The van der Waals surface area contributed by atoms with Crippen LogP contribution in [-0.4, -0.2) is 15.2 Å². The Morgan fingerprint density at radius 1 is 1.16 bits per heavy atom. The minimum absolute atomic E-state index is 0.145. The second-order valence-electron chi connectivity index (χ2n) is 5.61. The van der Waals surface area contributed by atoms with Crippen molar-refractivity contribution in [3.05, 3.63) is 17.0 Å². The van der Waals surface area contributed by atoms with Crippen molar-refractivity contribution in [2.24, 2.45) is 11.8 Å². The average molecular weight is 275 g/mol. The summed E-state index contributed by atoms with van der Waals surface area (Å²) in [4.78, 5) is 9.13. The molecule has 0 amide bonds. The number of thioether (sulfide) groups is 1. The first-order valence-electron chi connectivity index (χ1n) is 6.89. The Balaban J connectivity index is 2.17. The van der Waals surface area contributed by atoms with E-state index in [0.717, 1.165) is 34.9 Å². The van der Waals surface area contributed by atoms with Gasteiger partial charge in [-0.3, -0.25) is 0 Å². The van der Waals surface area contributed by atoms with Gasteiger partial charge in [-0.15, -0.1) is 0 Å². The molecule has 102 valence electrons. The Labute approximate surface area is 119 Å². The highest BCUT2D eigenvalue weighted by atomic mass is 32.2. The quantitative estimate of drug-likeness (QED) is 0.770. The number of rotatable bonds is 2. The minimum atomic E-state index is 0.145. The van der Waals surface area contributed by atoms with E-state index in [4.69, 9.17) is 0 Å². The zero-order valence-electron chi connectivity index (χ0n) is 12.1. The number of nitriles is 1. The van der Waals surface area contributed by atoms with Crippen LogP contribution in [0.15, 0.2) is 5.16 Å². The predicted octanol–water partition coefficient (Wildman–Crippen LogP) is 3.82. The molecule has 3 nitrogen and oxygen atoms in total. The first kappa shape index (κ1) is 14.3. The fraction of sp³-hybridized carbons (Fsp3) is 0.667. The maximum absolute atomic E-state index is 9.27. The molecule has 0 bridgehead atoms. The standard InChI is InChI=1S/C15H21N3S/c1-9-5-6-13(8-16)14(7-9)19-15-17-11(3)10(2)12(4)18-15/h9,13-14H,5-7H2,1-4H3. The van der Waals surface area contributed by atoms with Gasteiger partial charge in [0.05, 0.1) is 12.0 Å². The van der Waals surface area contributed by atoms with Gasteiger partial charge in [-0.05, 0) is 51.5 Å². The normalized spacial score (nSPS) is 27.0. The Bertz CT molecular complexity index is 484. The molecule has 1 fully saturated rings. The topological polar surface area (TPSA) is 49.6 Å². The van der Waals surface area contributed by atoms with Gasteiger partial charge in [0.1, 0.15) is 0 Å². The lowest BCUT2D eigenvalue weighted by Crippen LogP contribution is -2.25. The van der Waals surface area contributed by atoms with Crippen LogP contribution in [0.25, 0.3) is 0 Å². The molecule has 1 aliphatic rings. The summed E-state index contributed by atoms with van der Waals surface area (Å²) in [7, 11) is 0. The van der Waals surface area contributed by atoms with Crippen LogP contribution in [0.2, 0.25) is 0 Å². The lowest BCUT2D eigenvalue weighted by Gasteiger charge is -2.29. The lowest BCUT2D eigenvalue weighted by atomic mass is 9.83. The van der Waals surface area contributed by atoms with Gasteiger partial charge in [0, 0.05) is 16.6 Å². The molecule has 1 aromatic rings. The van der Waals surface area contributed by atoms with Crippen LogP contribution in [0, 0.1) is 43.9 Å². The Morgan fingerprint density at radius 2 is 1.79 bits per heavy atom. The van der Waals surface area contributed by atoms with Gasteiger partial charge in [0.15, 0.2) is 5.16 Å². The highest BCUT2D eigenvalue weighted by Gasteiger charge is 2.30. The molecule has 3 atom stereocenters. The fourth-order valence-electron chi connectivity index (χ4n) is 2.54. The second kappa shape index (κ2) is 5.92. The minimum Gasteiger partial charge on any atom is -0.228 e. The van der Waals surface area contributed by atoms with Gasteiger partial charge in [0.25, 0.3) is 0 Å². The Morgan fingerprint density at radius 3 is 2.37 bits per heavy atom. The summed E-state index contributed by atoms with van der Waals surface area (Å²) in [6, 6.07) is 2.46. The van der Waals surface area contributed by atoms with Gasteiger partial charge in [-0.25, -0.2) is 9.97 Å². The van der Waals surface area contributed by atoms with Crippen molar-refractivity contribution in [1.29, 1.82) is 5.26 Å². The van der Waals surface area contributed by atoms with Gasteiger partial charge >= 0.3 is 0 Å². The summed E-state index contributed by atoms with van der Waals surface area (Å²) in [6.07, 6.45) is 3.28. The molecule has 4 heteroatoms. The van der Waals surface area contributed by atoms with Crippen molar-refractivity contribution in [2.45, 2.75) is 57.4 Å². The van der Waals surface area contributed by atoms with E-state index in [0.29, 0.717) is 11.2 Å². The Hall–Kier alpha value is -1.08. The molecule has 2 rings (SSSR count). The third-order valence-electron chi connectivity index (χ3n) is 4.09. The second-order valence-corrected chi connectivity index (χ2v) is 6.82. The molecular weight excluding hydrogens is 254 g/mol. The number of aryl methyl sites for hydroxylation is 2. The molecule has 1 heterocycles. The van der Waals surface area contributed by atoms with Crippen molar-refractivity contribution in [2.75, 3.05) is 0 Å². The van der Waals surface area contributed by atoms with E-state index in [1.165, 1.54) is 6.42 Å². The van der Waals surface area contributed by atoms with Crippen LogP contribution >= 0.6 is 11.8 Å². The summed E-state index contributed by atoms with van der Waals surface area (Å²) in [6.45, 7) is 8.38. The molecule has 19 heavy (non-hydrogen) atoms. The summed E-state index contributed by atoms with van der Waals surface area (Å²) < 4.78 is 0. The molecule has 1 aromatic heterocycles. The predicted molar refractivity (Wildman–Crippen MR) is 78.0 cm³/mol. The molecule has 0 aromatic carbocycles. The van der Waals surface area contributed by atoms with E-state index in [2.05, 4.69) is 29.9 Å². The van der Waals surface area contributed by atoms with Crippen molar-refractivity contribution >= 4 is 11.8 Å². The van der Waals surface area contributed by atoms with Crippen LogP contribution in [0.5, 0.6) is 0 Å². The summed E-state index contributed by atoms with van der Waals surface area (Å²) in [5.41, 5.74) is 3.26. The van der Waals surface area contributed by atoms with Crippen molar-refractivity contribution in [3.63, 3.8) is 0 Å². The molecule has 0 radical (unpaired) electrons. The third kappa shape index (κ3) is 3.27. The SMILES string of the molecule is Cc1nc(SC2CC(C)CCC2C#N)nc(C)c1C. The van der Waals surface area contributed by atoms with Crippen molar-refractivity contribution in [1.82, 2.24) is 9.97 Å². The maximum Gasteiger partial charge on any atom is 0.188 e. The van der Waals surface area contributed by atoms with Gasteiger partial charge < -0.3 is 0 Å². The number of nitrogens with zero attached hydrogens (tertiary/aromatic N) is 3. The van der Waals surface area contributed by atoms with E-state index >= 15 is 0 Å². The monoisotopic (exact) mass is 275 g/mol. The van der Waals surface area contributed by atoms with Gasteiger partial charge in [-0.2, -0.15) is 5.26 Å². The molecule has 1 aliphatic carbocycles. The smallest absolute Gasteiger partial charge is 0.188 e. The zero-order valence-corrected chi connectivity index (χ0v) is 12.9. The largest absolute Gasteiger partial charge is 0.228 e. The van der Waals surface area contributed by atoms with E-state index in [9.17, 15) is 5.26 Å². The van der Waals surface area contributed by atoms with E-state index in [-0.39, 0.29) is 5.92 Å². The van der Waals surface area contributed by atoms with Crippen LogP contribution in [-0.2, 0) is 0 Å². The van der Waals surface area contributed by atoms with Gasteiger partial charge in [0.2, 0.25) is 0 Å². The number of aromatic nitrogens is 2. The van der Waals surface area contributed by atoms with Gasteiger partial charge in [-0.1, -0.05) is 18.7 Å². The van der Waals surface area contributed by atoms with E-state index in [1.54, 1.807) is 11.8 Å². The highest BCUT2D eigenvalue weighted by molar-refractivity contribution is 7.99. The molecule has 0 spiro atoms. The molecule has 0 N–H and O–H groups in total. The average Bonchev–Trinajstić information content (AvgIpc) is 2.36. The summed E-state index contributed by atoms with van der Waals surface area (Å²) in [5.74, 6) is 0.849. The number of hydrogen-bond donors (Lipinski definition) is 0. The van der Waals surface area contributed by atoms with Crippen LogP contribution in [0.4, 0.5) is 0 Å². The first-order chi connectivity index (χ1) is 9.01. The molecule has 0 saturated heterocycles. The van der Waals surface area contributed by atoms with E-state index < -0.39 is 0 Å². The van der Waals surface area contributed by atoms with E-state index in [1.807, 2.05) is 13.8 Å².